The second-order valence-corrected chi connectivity index (χ2v) is 6.18. The number of ether oxygens (including phenoxy) is 1. The molecular formula is C16H23N5O2. The third-order valence-corrected chi connectivity index (χ3v) is 2.84. The van der Waals surface area contributed by atoms with Crippen LogP contribution in [0.5, 0.6) is 0 Å². The summed E-state index contributed by atoms with van der Waals surface area (Å²) in [5.74, 6) is 1.44. The largest absolute Gasteiger partial charge is 0.444 e. The number of hydrogen-bond acceptors (Lipinski definition) is 5. The van der Waals surface area contributed by atoms with Crippen LogP contribution in [0.1, 0.15) is 26.6 Å². The smallest absolute Gasteiger partial charge is 0.407 e. The predicted octanol–water partition coefficient (Wildman–Crippen LogP) is 2.72. The highest BCUT2D eigenvalue weighted by Crippen LogP contribution is 2.18. The van der Waals surface area contributed by atoms with Gasteiger partial charge in [-0.1, -0.05) is 12.1 Å². The van der Waals surface area contributed by atoms with Gasteiger partial charge in [0.15, 0.2) is 5.82 Å². The Hall–Kier alpha value is -2.57. The van der Waals surface area contributed by atoms with E-state index in [0.717, 1.165) is 17.1 Å². The number of nitrogens with one attached hydrogen (secondary N) is 3. The lowest BCUT2D eigenvalue weighted by Crippen LogP contribution is -2.34. The number of anilines is 1. The number of carbonyl (C=O) groups excluding carboxylic acids is 1. The summed E-state index contributed by atoms with van der Waals surface area (Å²) in [6.07, 6.45) is -0.413. The molecule has 2 aromatic rings. The van der Waals surface area contributed by atoms with Crippen molar-refractivity contribution in [1.29, 1.82) is 0 Å². The summed E-state index contributed by atoms with van der Waals surface area (Å²) >= 11 is 0. The van der Waals surface area contributed by atoms with Gasteiger partial charge in [-0.15, -0.1) is 0 Å². The van der Waals surface area contributed by atoms with E-state index in [1.807, 2.05) is 52.0 Å². The van der Waals surface area contributed by atoms with Crippen LogP contribution in [0.4, 0.5) is 10.5 Å². The molecule has 0 atom stereocenters. The molecule has 0 bridgehead atoms. The first kappa shape index (κ1) is 16.8. The van der Waals surface area contributed by atoms with Gasteiger partial charge in [-0.25, -0.2) is 9.78 Å². The summed E-state index contributed by atoms with van der Waals surface area (Å²) in [4.78, 5) is 15.8. The number of carbonyl (C=O) groups is 1. The molecule has 0 aliphatic rings. The molecule has 0 fully saturated rings. The number of amides is 1. The number of aromatic amines is 1. The molecule has 0 unspecified atom stereocenters. The number of hydrogen-bond donors (Lipinski definition) is 3. The van der Waals surface area contributed by atoms with E-state index in [-0.39, 0.29) is 0 Å². The Labute approximate surface area is 135 Å². The molecule has 2 rings (SSSR count). The van der Waals surface area contributed by atoms with Gasteiger partial charge in [0.05, 0.1) is 0 Å². The van der Waals surface area contributed by atoms with Crippen LogP contribution in [-0.4, -0.2) is 40.0 Å². The van der Waals surface area contributed by atoms with Crippen LogP contribution in [0.3, 0.4) is 0 Å². The third-order valence-electron chi connectivity index (χ3n) is 2.84. The average Bonchev–Trinajstić information content (AvgIpc) is 2.89. The van der Waals surface area contributed by atoms with E-state index in [1.165, 1.54) is 0 Å². The van der Waals surface area contributed by atoms with Crippen LogP contribution in [0.2, 0.25) is 0 Å². The molecule has 124 valence electrons. The second-order valence-electron chi connectivity index (χ2n) is 6.18. The normalized spacial score (nSPS) is 11.1. The lowest BCUT2D eigenvalue weighted by molar-refractivity contribution is 0.0530. The molecule has 1 heterocycles. The molecule has 0 radical (unpaired) electrons. The molecule has 0 saturated heterocycles. The highest BCUT2D eigenvalue weighted by Gasteiger charge is 2.15. The van der Waals surface area contributed by atoms with Crippen molar-refractivity contribution in [2.75, 3.05) is 18.4 Å². The third kappa shape index (κ3) is 5.61. The molecule has 1 amide bonds. The number of rotatable bonds is 5. The SMILES string of the molecule is Cc1nc(-c2cccc(NCCNC(=O)OC(C)(C)C)c2)n[nH]1. The molecule has 1 aromatic carbocycles. The topological polar surface area (TPSA) is 91.9 Å². The predicted molar refractivity (Wildman–Crippen MR) is 89.3 cm³/mol. The second kappa shape index (κ2) is 7.13. The van der Waals surface area contributed by atoms with Crippen LogP contribution in [-0.2, 0) is 4.74 Å². The first-order valence-corrected chi connectivity index (χ1v) is 7.54. The molecular weight excluding hydrogens is 294 g/mol. The van der Waals surface area contributed by atoms with E-state index in [0.29, 0.717) is 18.9 Å². The first-order valence-electron chi connectivity index (χ1n) is 7.54. The Morgan fingerprint density at radius 1 is 1.30 bits per heavy atom. The lowest BCUT2D eigenvalue weighted by atomic mass is 10.2. The van der Waals surface area contributed by atoms with Crippen molar-refractivity contribution in [2.24, 2.45) is 0 Å². The Kier molecular flexibility index (Phi) is 5.20. The van der Waals surface area contributed by atoms with Gasteiger partial charge < -0.3 is 15.4 Å². The van der Waals surface area contributed by atoms with Crippen molar-refractivity contribution in [3.63, 3.8) is 0 Å². The fraction of sp³-hybridized carbons (Fsp3) is 0.438. The summed E-state index contributed by atoms with van der Waals surface area (Å²) in [6, 6.07) is 7.81. The Bertz CT molecular complexity index is 660. The fourth-order valence-corrected chi connectivity index (χ4v) is 1.93. The first-order chi connectivity index (χ1) is 10.8. The Morgan fingerprint density at radius 3 is 2.74 bits per heavy atom. The minimum absolute atomic E-state index is 0.413. The Morgan fingerprint density at radius 2 is 2.09 bits per heavy atom. The summed E-state index contributed by atoms with van der Waals surface area (Å²) in [5, 5.41) is 12.9. The molecule has 3 N–H and O–H groups in total. The van der Waals surface area contributed by atoms with Crippen molar-refractivity contribution < 1.29 is 9.53 Å². The van der Waals surface area contributed by atoms with Crippen molar-refractivity contribution >= 4 is 11.8 Å². The highest BCUT2D eigenvalue weighted by atomic mass is 16.6. The van der Waals surface area contributed by atoms with E-state index in [4.69, 9.17) is 4.74 Å². The Balaban J connectivity index is 1.81. The standard InChI is InChI=1S/C16H23N5O2/c1-11-19-14(21-20-11)12-6-5-7-13(10-12)17-8-9-18-15(22)23-16(2,3)4/h5-7,10,17H,8-9H2,1-4H3,(H,18,22)(H,19,20,21). The van der Waals surface area contributed by atoms with E-state index in [2.05, 4.69) is 25.8 Å². The van der Waals surface area contributed by atoms with Gasteiger partial charge in [0, 0.05) is 24.3 Å². The summed E-state index contributed by atoms with van der Waals surface area (Å²) in [7, 11) is 0. The van der Waals surface area contributed by atoms with Crippen molar-refractivity contribution in [2.45, 2.75) is 33.3 Å². The van der Waals surface area contributed by atoms with Gasteiger partial charge in [-0.3, -0.25) is 5.10 Å². The molecule has 7 nitrogen and oxygen atoms in total. The molecule has 0 aliphatic heterocycles. The molecule has 0 aliphatic carbocycles. The maximum Gasteiger partial charge on any atom is 0.407 e. The number of H-pyrrole nitrogens is 1. The van der Waals surface area contributed by atoms with Crippen LogP contribution in [0.15, 0.2) is 24.3 Å². The van der Waals surface area contributed by atoms with Gasteiger partial charge in [0.2, 0.25) is 0 Å². The zero-order valence-electron chi connectivity index (χ0n) is 13.9. The zero-order valence-corrected chi connectivity index (χ0v) is 13.9. The fourth-order valence-electron chi connectivity index (χ4n) is 1.93. The van der Waals surface area contributed by atoms with Crippen molar-refractivity contribution in [3.05, 3.63) is 30.1 Å². The van der Waals surface area contributed by atoms with Crippen LogP contribution >= 0.6 is 0 Å². The van der Waals surface area contributed by atoms with Crippen molar-refractivity contribution in [1.82, 2.24) is 20.5 Å². The number of nitrogens with zero attached hydrogens (tertiary/aromatic N) is 2. The minimum atomic E-state index is -0.486. The molecule has 1 aromatic heterocycles. The maximum atomic E-state index is 11.5. The van der Waals surface area contributed by atoms with Crippen LogP contribution < -0.4 is 10.6 Å². The molecule has 0 spiro atoms. The van der Waals surface area contributed by atoms with Gasteiger partial charge in [-0.2, -0.15) is 5.10 Å². The lowest BCUT2D eigenvalue weighted by Gasteiger charge is -2.19. The number of alkyl carbamates (subject to hydrolysis) is 1. The van der Waals surface area contributed by atoms with E-state index in [1.54, 1.807) is 0 Å². The van der Waals surface area contributed by atoms with Gasteiger partial charge in [-0.05, 0) is 39.8 Å². The average molecular weight is 317 g/mol. The van der Waals surface area contributed by atoms with Crippen LogP contribution in [0, 0.1) is 6.92 Å². The minimum Gasteiger partial charge on any atom is -0.444 e. The van der Waals surface area contributed by atoms with E-state index < -0.39 is 11.7 Å². The quantitative estimate of drug-likeness (QED) is 0.737. The number of benzene rings is 1. The van der Waals surface area contributed by atoms with Gasteiger partial charge >= 0.3 is 6.09 Å². The van der Waals surface area contributed by atoms with E-state index >= 15 is 0 Å². The van der Waals surface area contributed by atoms with Gasteiger partial charge in [0.25, 0.3) is 0 Å². The highest BCUT2D eigenvalue weighted by molar-refractivity contribution is 5.67. The summed E-state index contributed by atoms with van der Waals surface area (Å²) in [6.45, 7) is 8.43. The number of aromatic nitrogens is 3. The summed E-state index contributed by atoms with van der Waals surface area (Å²) < 4.78 is 5.17. The molecule has 7 heteroatoms. The van der Waals surface area contributed by atoms with E-state index in [9.17, 15) is 4.79 Å². The van der Waals surface area contributed by atoms with Crippen molar-refractivity contribution in [3.8, 4) is 11.4 Å². The molecule has 23 heavy (non-hydrogen) atoms. The monoisotopic (exact) mass is 317 g/mol. The summed E-state index contributed by atoms with van der Waals surface area (Å²) in [5.41, 5.74) is 1.39. The molecule has 0 saturated carbocycles. The van der Waals surface area contributed by atoms with Crippen LogP contribution in [0.25, 0.3) is 11.4 Å². The van der Waals surface area contributed by atoms with Gasteiger partial charge in [0.1, 0.15) is 11.4 Å². The maximum absolute atomic E-state index is 11.5. The zero-order chi connectivity index (χ0) is 16.9. The number of aryl methyl sites for hydroxylation is 1.